The van der Waals surface area contributed by atoms with E-state index in [1.807, 2.05) is 67.3 Å². The molecule has 2 atom stereocenters. The van der Waals surface area contributed by atoms with Crippen LogP contribution in [-0.2, 0) is 4.74 Å². The number of amides is 1. The van der Waals surface area contributed by atoms with E-state index in [9.17, 15) is 4.79 Å². The molecule has 1 fully saturated rings. The van der Waals surface area contributed by atoms with Crippen LogP contribution < -0.4 is 9.47 Å². The van der Waals surface area contributed by atoms with Crippen LogP contribution in [0.1, 0.15) is 24.2 Å². The fourth-order valence-electron chi connectivity index (χ4n) is 3.95. The number of aromatic nitrogens is 2. The highest BCUT2D eigenvalue weighted by molar-refractivity contribution is 6.00. The van der Waals surface area contributed by atoms with E-state index in [1.165, 1.54) is 0 Å². The molecule has 0 radical (unpaired) electrons. The van der Waals surface area contributed by atoms with Gasteiger partial charge in [-0.2, -0.15) is 5.10 Å². The Morgan fingerprint density at radius 2 is 1.68 bits per heavy atom. The number of carbonyl (C=O) groups is 1. The van der Waals surface area contributed by atoms with E-state index in [2.05, 4.69) is 0 Å². The van der Waals surface area contributed by atoms with Crippen LogP contribution in [0.2, 0.25) is 0 Å². The molecule has 0 unspecified atom stereocenters. The van der Waals surface area contributed by atoms with E-state index in [4.69, 9.17) is 19.3 Å². The largest absolute Gasteiger partial charge is 0.493 e. The third-order valence-electron chi connectivity index (χ3n) is 5.33. The van der Waals surface area contributed by atoms with Gasteiger partial charge in [0.2, 0.25) is 0 Å². The average Bonchev–Trinajstić information content (AvgIpc) is 3.23. The summed E-state index contributed by atoms with van der Waals surface area (Å²) in [6.45, 7) is 5.06. The van der Waals surface area contributed by atoms with E-state index in [-0.39, 0.29) is 18.1 Å². The van der Waals surface area contributed by atoms with E-state index in [0.717, 1.165) is 11.3 Å². The second-order valence-corrected chi connectivity index (χ2v) is 7.71. The highest BCUT2D eigenvalue weighted by Gasteiger charge is 2.30. The first-order valence-corrected chi connectivity index (χ1v) is 10.3. The monoisotopic (exact) mass is 421 g/mol. The summed E-state index contributed by atoms with van der Waals surface area (Å²) in [6.07, 6.45) is 1.77. The third kappa shape index (κ3) is 4.27. The summed E-state index contributed by atoms with van der Waals surface area (Å²) in [6, 6.07) is 15.3. The van der Waals surface area contributed by atoms with Gasteiger partial charge >= 0.3 is 0 Å². The number of ether oxygens (including phenoxy) is 3. The molecule has 2 aromatic carbocycles. The fraction of sp³-hybridized carbons (Fsp3) is 0.333. The lowest BCUT2D eigenvalue weighted by atomic mass is 10.1. The van der Waals surface area contributed by atoms with Gasteiger partial charge in [0.25, 0.3) is 5.91 Å². The summed E-state index contributed by atoms with van der Waals surface area (Å²) in [7, 11) is 3.18. The Balaban J connectivity index is 1.80. The zero-order valence-electron chi connectivity index (χ0n) is 18.2. The van der Waals surface area contributed by atoms with Crippen molar-refractivity contribution < 1.29 is 19.0 Å². The maximum atomic E-state index is 13.6. The number of benzene rings is 2. The highest BCUT2D eigenvalue weighted by atomic mass is 16.5. The number of morpholine rings is 1. The molecule has 0 saturated carbocycles. The summed E-state index contributed by atoms with van der Waals surface area (Å²) >= 11 is 0. The topological polar surface area (TPSA) is 65.8 Å². The van der Waals surface area contributed by atoms with Gasteiger partial charge in [-0.05, 0) is 44.2 Å². The van der Waals surface area contributed by atoms with Gasteiger partial charge in [0, 0.05) is 24.8 Å². The summed E-state index contributed by atoms with van der Waals surface area (Å²) in [5.41, 5.74) is 2.80. The lowest BCUT2D eigenvalue weighted by molar-refractivity contribution is -0.0586. The molecular weight excluding hydrogens is 394 g/mol. The zero-order chi connectivity index (χ0) is 22.0. The van der Waals surface area contributed by atoms with E-state index in [1.54, 1.807) is 25.1 Å². The molecule has 1 aromatic heterocycles. The van der Waals surface area contributed by atoms with Crippen LogP contribution in [0, 0.1) is 0 Å². The first-order chi connectivity index (χ1) is 15.0. The van der Waals surface area contributed by atoms with Crippen molar-refractivity contribution in [2.24, 2.45) is 0 Å². The van der Waals surface area contributed by atoms with Gasteiger partial charge in [0.1, 0.15) is 5.69 Å². The Morgan fingerprint density at radius 1 is 1.00 bits per heavy atom. The van der Waals surface area contributed by atoms with Gasteiger partial charge in [-0.1, -0.05) is 18.2 Å². The molecule has 4 rings (SSSR count). The van der Waals surface area contributed by atoms with Crippen molar-refractivity contribution in [2.75, 3.05) is 27.3 Å². The lowest BCUT2D eigenvalue weighted by Gasteiger charge is -2.35. The Hall–Kier alpha value is -3.32. The molecule has 162 valence electrons. The first kappa shape index (κ1) is 20.9. The Labute approximate surface area is 182 Å². The minimum absolute atomic E-state index is 0.0126. The average molecular weight is 421 g/mol. The number of rotatable bonds is 5. The maximum Gasteiger partial charge on any atom is 0.257 e. The molecule has 1 aliphatic rings. The molecule has 1 saturated heterocycles. The van der Waals surface area contributed by atoms with Gasteiger partial charge in [-0.25, -0.2) is 4.68 Å². The standard InChI is InChI=1S/C24H27N3O4/c1-16-13-26(14-17(2)31-16)24(28)20-15-27(19-8-6-5-7-9-19)25-23(20)18-10-11-21(29-3)22(12-18)30-4/h5-12,15-17H,13-14H2,1-4H3/t16-,17+. The second kappa shape index (κ2) is 8.81. The minimum Gasteiger partial charge on any atom is -0.493 e. The molecule has 1 aliphatic heterocycles. The minimum atomic E-state index is -0.0611. The summed E-state index contributed by atoms with van der Waals surface area (Å²) in [5.74, 6) is 1.15. The molecule has 31 heavy (non-hydrogen) atoms. The third-order valence-corrected chi connectivity index (χ3v) is 5.33. The number of hydrogen-bond acceptors (Lipinski definition) is 5. The normalized spacial score (nSPS) is 18.6. The fourth-order valence-corrected chi connectivity index (χ4v) is 3.95. The SMILES string of the molecule is COc1ccc(-c2nn(-c3ccccc3)cc2C(=O)N2C[C@@H](C)O[C@@H](C)C2)cc1OC. The van der Waals surface area contributed by atoms with E-state index >= 15 is 0 Å². The Morgan fingerprint density at radius 3 is 2.32 bits per heavy atom. The first-order valence-electron chi connectivity index (χ1n) is 10.3. The summed E-state index contributed by atoms with van der Waals surface area (Å²) in [5, 5.41) is 4.78. The van der Waals surface area contributed by atoms with Crippen molar-refractivity contribution in [3.8, 4) is 28.4 Å². The van der Waals surface area contributed by atoms with Gasteiger partial charge in [-0.3, -0.25) is 4.79 Å². The predicted molar refractivity (Wildman–Crippen MR) is 118 cm³/mol. The molecule has 0 aliphatic carbocycles. The molecule has 1 amide bonds. The number of methoxy groups -OCH3 is 2. The van der Waals surface area contributed by atoms with Crippen molar-refractivity contribution in [3.63, 3.8) is 0 Å². The van der Waals surface area contributed by atoms with Crippen LogP contribution in [0.25, 0.3) is 16.9 Å². The molecular formula is C24H27N3O4. The summed E-state index contributed by atoms with van der Waals surface area (Å²) < 4.78 is 18.4. The smallest absolute Gasteiger partial charge is 0.257 e. The number of nitrogens with zero attached hydrogens (tertiary/aromatic N) is 3. The maximum absolute atomic E-state index is 13.6. The van der Waals surface area contributed by atoms with Crippen LogP contribution in [0.4, 0.5) is 0 Å². The lowest BCUT2D eigenvalue weighted by Crippen LogP contribution is -2.48. The summed E-state index contributed by atoms with van der Waals surface area (Å²) in [4.78, 5) is 15.4. The van der Waals surface area contributed by atoms with Crippen molar-refractivity contribution in [1.29, 1.82) is 0 Å². The van der Waals surface area contributed by atoms with Crippen molar-refractivity contribution in [2.45, 2.75) is 26.1 Å². The van der Waals surface area contributed by atoms with Gasteiger partial charge < -0.3 is 19.1 Å². The van der Waals surface area contributed by atoms with Gasteiger partial charge in [-0.15, -0.1) is 0 Å². The van der Waals surface area contributed by atoms with Crippen LogP contribution in [0.15, 0.2) is 54.7 Å². The number of carbonyl (C=O) groups excluding carboxylic acids is 1. The number of para-hydroxylation sites is 1. The second-order valence-electron chi connectivity index (χ2n) is 7.71. The molecule has 7 nitrogen and oxygen atoms in total. The van der Waals surface area contributed by atoms with Crippen molar-refractivity contribution >= 4 is 5.91 Å². The quantitative estimate of drug-likeness (QED) is 0.627. The van der Waals surface area contributed by atoms with E-state index < -0.39 is 0 Å². The molecule has 0 bridgehead atoms. The Kier molecular flexibility index (Phi) is 5.95. The van der Waals surface area contributed by atoms with Crippen molar-refractivity contribution in [3.05, 3.63) is 60.3 Å². The van der Waals surface area contributed by atoms with Crippen LogP contribution in [-0.4, -0.2) is 60.1 Å². The molecule has 0 N–H and O–H groups in total. The van der Waals surface area contributed by atoms with Crippen molar-refractivity contribution in [1.82, 2.24) is 14.7 Å². The van der Waals surface area contributed by atoms with Gasteiger partial charge in [0.05, 0.1) is 37.7 Å². The van der Waals surface area contributed by atoms with E-state index in [0.29, 0.717) is 35.8 Å². The zero-order valence-corrected chi connectivity index (χ0v) is 18.2. The highest BCUT2D eigenvalue weighted by Crippen LogP contribution is 2.34. The molecule has 2 heterocycles. The van der Waals surface area contributed by atoms with Crippen LogP contribution in [0.3, 0.4) is 0 Å². The predicted octanol–water partition coefficient (Wildman–Crippen LogP) is 3.81. The molecule has 7 heteroatoms. The molecule has 3 aromatic rings. The van der Waals surface area contributed by atoms with Gasteiger partial charge in [0.15, 0.2) is 11.5 Å². The van der Waals surface area contributed by atoms with Crippen LogP contribution >= 0.6 is 0 Å². The Bertz CT molecular complexity index is 1050. The number of hydrogen-bond donors (Lipinski definition) is 0. The van der Waals surface area contributed by atoms with Crippen LogP contribution in [0.5, 0.6) is 11.5 Å². The molecule has 0 spiro atoms.